The number of rotatable bonds is 2. The molecule has 0 aromatic rings. The molecule has 2 bridgehead atoms. The number of hydrogen-bond acceptors (Lipinski definition) is 1. The standard InChI is InChI=1S/C14H28OSi/c1-13(2,3)16(4,5)15-14-9-6-12(7-10-14)8-11-14/h12H,6-11H2,1-5H3. The van der Waals surface area contributed by atoms with Crippen molar-refractivity contribution in [3.05, 3.63) is 0 Å². The van der Waals surface area contributed by atoms with Gasteiger partial charge in [0.1, 0.15) is 0 Å². The third-order valence-electron chi connectivity index (χ3n) is 5.30. The third kappa shape index (κ3) is 2.24. The highest BCUT2D eigenvalue weighted by Gasteiger charge is 2.48. The molecule has 3 rings (SSSR count). The second kappa shape index (κ2) is 3.84. The van der Waals surface area contributed by atoms with Crippen LogP contribution in [0.4, 0.5) is 0 Å². The summed E-state index contributed by atoms with van der Waals surface area (Å²) < 4.78 is 6.76. The van der Waals surface area contributed by atoms with Gasteiger partial charge >= 0.3 is 0 Å². The first-order valence-electron chi connectivity index (χ1n) is 6.94. The zero-order chi connectivity index (χ0) is 12.0. The van der Waals surface area contributed by atoms with Gasteiger partial charge in [-0.3, -0.25) is 0 Å². The van der Waals surface area contributed by atoms with Crippen molar-refractivity contribution in [3.63, 3.8) is 0 Å². The first-order valence-corrected chi connectivity index (χ1v) is 9.85. The van der Waals surface area contributed by atoms with E-state index in [0.29, 0.717) is 5.04 Å². The van der Waals surface area contributed by atoms with Gasteiger partial charge in [-0.05, 0) is 62.6 Å². The molecule has 0 heterocycles. The highest BCUT2D eigenvalue weighted by molar-refractivity contribution is 6.74. The van der Waals surface area contributed by atoms with Crippen LogP contribution in [0, 0.1) is 5.92 Å². The lowest BCUT2D eigenvalue weighted by molar-refractivity contribution is -0.0427. The molecule has 3 fully saturated rings. The molecule has 0 aromatic heterocycles. The minimum Gasteiger partial charge on any atom is -0.411 e. The molecule has 3 aliphatic carbocycles. The Labute approximate surface area is 102 Å². The van der Waals surface area contributed by atoms with Crippen LogP contribution in [0.1, 0.15) is 59.3 Å². The first kappa shape index (κ1) is 12.6. The highest BCUT2D eigenvalue weighted by atomic mass is 28.4. The van der Waals surface area contributed by atoms with E-state index >= 15 is 0 Å². The van der Waals surface area contributed by atoms with Crippen molar-refractivity contribution < 1.29 is 4.43 Å². The maximum absolute atomic E-state index is 6.76. The minimum absolute atomic E-state index is 0.289. The van der Waals surface area contributed by atoms with Gasteiger partial charge in [0.2, 0.25) is 0 Å². The van der Waals surface area contributed by atoms with Gasteiger partial charge in [0.25, 0.3) is 0 Å². The van der Waals surface area contributed by atoms with Crippen molar-refractivity contribution in [1.82, 2.24) is 0 Å². The monoisotopic (exact) mass is 240 g/mol. The van der Waals surface area contributed by atoms with E-state index in [1.165, 1.54) is 38.5 Å². The van der Waals surface area contributed by atoms with Gasteiger partial charge < -0.3 is 4.43 Å². The van der Waals surface area contributed by atoms with Crippen molar-refractivity contribution in [2.75, 3.05) is 0 Å². The van der Waals surface area contributed by atoms with Crippen molar-refractivity contribution in [2.24, 2.45) is 5.92 Å². The molecule has 0 saturated heterocycles. The van der Waals surface area contributed by atoms with Gasteiger partial charge in [0.05, 0.1) is 5.60 Å². The van der Waals surface area contributed by atoms with Gasteiger partial charge in [-0.25, -0.2) is 0 Å². The van der Waals surface area contributed by atoms with Gasteiger partial charge in [-0.1, -0.05) is 20.8 Å². The van der Waals surface area contributed by atoms with Gasteiger partial charge in [0.15, 0.2) is 8.32 Å². The molecule has 0 spiro atoms. The molecule has 0 N–H and O–H groups in total. The van der Waals surface area contributed by atoms with Crippen LogP contribution in [-0.4, -0.2) is 13.9 Å². The average Bonchev–Trinajstić information content (AvgIpc) is 2.17. The summed E-state index contributed by atoms with van der Waals surface area (Å²) in [5.41, 5.74) is 0.289. The topological polar surface area (TPSA) is 9.23 Å². The largest absolute Gasteiger partial charge is 0.411 e. The molecule has 0 aliphatic heterocycles. The fourth-order valence-corrected chi connectivity index (χ4v) is 4.75. The SMILES string of the molecule is CC(C)(C)[Si](C)(C)OC12CCC(CC1)CC2. The quantitative estimate of drug-likeness (QED) is 0.634. The zero-order valence-electron chi connectivity index (χ0n) is 11.7. The van der Waals surface area contributed by atoms with E-state index in [4.69, 9.17) is 4.43 Å². The molecular weight excluding hydrogens is 212 g/mol. The Morgan fingerprint density at radius 3 is 1.81 bits per heavy atom. The van der Waals surface area contributed by atoms with Crippen LogP contribution in [0.2, 0.25) is 18.1 Å². The summed E-state index contributed by atoms with van der Waals surface area (Å²) in [7, 11) is -1.56. The Balaban J connectivity index is 2.08. The van der Waals surface area contributed by atoms with Crippen LogP contribution in [0.25, 0.3) is 0 Å². The van der Waals surface area contributed by atoms with E-state index in [2.05, 4.69) is 33.9 Å². The third-order valence-corrected chi connectivity index (χ3v) is 9.86. The molecule has 0 atom stereocenters. The molecule has 0 aromatic carbocycles. The summed E-state index contributed by atoms with van der Waals surface area (Å²) in [6.45, 7) is 11.9. The summed E-state index contributed by atoms with van der Waals surface area (Å²) in [6.07, 6.45) is 8.29. The summed E-state index contributed by atoms with van der Waals surface area (Å²) in [4.78, 5) is 0. The molecule has 1 nitrogen and oxygen atoms in total. The lowest BCUT2D eigenvalue weighted by atomic mass is 9.68. The Morgan fingerprint density at radius 1 is 1.00 bits per heavy atom. The smallest absolute Gasteiger partial charge is 0.192 e. The summed E-state index contributed by atoms with van der Waals surface area (Å²) in [5, 5.41) is 0.357. The molecule has 2 heteroatoms. The van der Waals surface area contributed by atoms with Gasteiger partial charge in [0, 0.05) is 0 Å². The lowest BCUT2D eigenvalue weighted by Crippen LogP contribution is -2.53. The second-order valence-corrected chi connectivity index (χ2v) is 12.3. The lowest BCUT2D eigenvalue weighted by Gasteiger charge is -2.52. The van der Waals surface area contributed by atoms with Crippen LogP contribution in [0.15, 0.2) is 0 Å². The molecule has 3 aliphatic rings. The Bertz CT molecular complexity index is 243. The maximum atomic E-state index is 6.76. The first-order chi connectivity index (χ1) is 7.24. The van der Waals surface area contributed by atoms with E-state index in [1.54, 1.807) is 0 Å². The van der Waals surface area contributed by atoms with Crippen molar-refractivity contribution in [3.8, 4) is 0 Å². The van der Waals surface area contributed by atoms with Gasteiger partial charge in [-0.2, -0.15) is 0 Å². The van der Waals surface area contributed by atoms with E-state index in [1.807, 2.05) is 0 Å². The minimum atomic E-state index is -1.56. The molecule has 0 radical (unpaired) electrons. The molecule has 0 amide bonds. The number of fused-ring (bicyclic) bond motifs is 3. The molecular formula is C14H28OSi. The van der Waals surface area contributed by atoms with Crippen molar-refractivity contribution in [1.29, 1.82) is 0 Å². The van der Waals surface area contributed by atoms with Crippen LogP contribution >= 0.6 is 0 Å². The van der Waals surface area contributed by atoms with Crippen molar-refractivity contribution in [2.45, 2.75) is 83.0 Å². The van der Waals surface area contributed by atoms with Crippen LogP contribution < -0.4 is 0 Å². The summed E-state index contributed by atoms with van der Waals surface area (Å²) >= 11 is 0. The fourth-order valence-electron chi connectivity index (χ4n) is 3.06. The van der Waals surface area contributed by atoms with Crippen molar-refractivity contribution >= 4 is 8.32 Å². The predicted molar refractivity (Wildman–Crippen MR) is 72.2 cm³/mol. The second-order valence-electron chi connectivity index (χ2n) is 7.53. The van der Waals surface area contributed by atoms with Crippen LogP contribution in [-0.2, 0) is 4.43 Å². The number of hydrogen-bond donors (Lipinski definition) is 0. The Hall–Kier alpha value is 0.177. The van der Waals surface area contributed by atoms with Crippen LogP contribution in [0.5, 0.6) is 0 Å². The Morgan fingerprint density at radius 2 is 1.44 bits per heavy atom. The fraction of sp³-hybridized carbons (Fsp3) is 1.00. The molecule has 3 saturated carbocycles. The molecule has 16 heavy (non-hydrogen) atoms. The summed E-state index contributed by atoms with van der Waals surface area (Å²) in [6, 6.07) is 0. The molecule has 94 valence electrons. The van der Waals surface area contributed by atoms with E-state index in [9.17, 15) is 0 Å². The molecule has 0 unspecified atom stereocenters. The maximum Gasteiger partial charge on any atom is 0.192 e. The van der Waals surface area contributed by atoms with E-state index in [0.717, 1.165) is 5.92 Å². The van der Waals surface area contributed by atoms with E-state index < -0.39 is 8.32 Å². The Kier molecular flexibility index (Phi) is 3.03. The summed E-state index contributed by atoms with van der Waals surface area (Å²) in [5.74, 6) is 1.03. The van der Waals surface area contributed by atoms with E-state index in [-0.39, 0.29) is 5.60 Å². The average molecular weight is 240 g/mol. The predicted octanol–water partition coefficient (Wildman–Crippen LogP) is 4.73. The highest BCUT2D eigenvalue weighted by Crippen LogP contribution is 2.50. The van der Waals surface area contributed by atoms with Gasteiger partial charge in [-0.15, -0.1) is 0 Å². The zero-order valence-corrected chi connectivity index (χ0v) is 12.7. The normalized spacial score (nSPS) is 35.4. The van der Waals surface area contributed by atoms with Crippen LogP contribution in [0.3, 0.4) is 0 Å².